The normalized spacial score (nSPS) is 11.0. The molecule has 0 fully saturated rings. The van der Waals surface area contributed by atoms with Crippen LogP contribution in [0.2, 0.25) is 0 Å². The van der Waals surface area contributed by atoms with E-state index in [9.17, 15) is 10.2 Å². The average Bonchev–Trinajstić information content (AvgIpc) is 2.74. The number of hydrogen-bond donors (Lipinski definition) is 2. The maximum Gasteiger partial charge on any atom is 0.128 e. The van der Waals surface area contributed by atoms with Crippen LogP contribution in [0.5, 0.6) is 11.5 Å². The summed E-state index contributed by atoms with van der Waals surface area (Å²) in [5.74, 6) is 0.431. The predicted octanol–water partition coefficient (Wildman–Crippen LogP) is 6.62. The fraction of sp³-hybridized carbons (Fsp3) is 0.407. The molecule has 2 rings (SSSR count). The van der Waals surface area contributed by atoms with Gasteiger partial charge in [0, 0.05) is 23.2 Å². The lowest BCUT2D eigenvalue weighted by Crippen LogP contribution is -2.25. The molecule has 0 aliphatic rings. The van der Waals surface area contributed by atoms with Crippen molar-refractivity contribution in [2.75, 3.05) is 13.1 Å². The minimum atomic E-state index is 0.175. The molecule has 0 aliphatic heterocycles. The summed E-state index contributed by atoms with van der Waals surface area (Å²) in [5, 5.41) is 21.7. The summed E-state index contributed by atoms with van der Waals surface area (Å²) in [5.41, 5.74) is 4.39. The third kappa shape index (κ3) is 6.50. The maximum absolute atomic E-state index is 11.2. The number of phenolic OH excluding ortho intramolecular Hbond substituents is 2. The van der Waals surface area contributed by atoms with Crippen LogP contribution in [0.25, 0.3) is 11.1 Å². The van der Waals surface area contributed by atoms with Gasteiger partial charge in [0.1, 0.15) is 11.5 Å². The topological polar surface area (TPSA) is 43.7 Å². The van der Waals surface area contributed by atoms with Crippen LogP contribution >= 0.6 is 0 Å². The van der Waals surface area contributed by atoms with Crippen molar-refractivity contribution in [3.63, 3.8) is 0 Å². The second kappa shape index (κ2) is 12.2. The van der Waals surface area contributed by atoms with E-state index < -0.39 is 0 Å². The number of benzene rings is 2. The number of nitrogens with zero attached hydrogens (tertiary/aromatic N) is 1. The molecule has 162 valence electrons. The maximum atomic E-state index is 11.2. The van der Waals surface area contributed by atoms with Crippen molar-refractivity contribution in [1.82, 2.24) is 4.90 Å². The molecule has 2 aromatic rings. The third-order valence-electron chi connectivity index (χ3n) is 5.41. The first kappa shape index (κ1) is 23.8. The summed E-state index contributed by atoms with van der Waals surface area (Å²) in [7, 11) is 0. The van der Waals surface area contributed by atoms with Gasteiger partial charge in [-0.2, -0.15) is 0 Å². The molecule has 2 N–H and O–H groups in total. The van der Waals surface area contributed by atoms with E-state index in [1.54, 1.807) is 6.07 Å². The summed E-state index contributed by atoms with van der Waals surface area (Å²) >= 11 is 0. The summed E-state index contributed by atoms with van der Waals surface area (Å²) in [6.07, 6.45) is 9.75. The molecule has 0 radical (unpaired) electrons. The van der Waals surface area contributed by atoms with Crippen LogP contribution in [0, 0.1) is 0 Å². The molecule has 0 spiro atoms. The molecule has 0 amide bonds. The van der Waals surface area contributed by atoms with E-state index in [1.807, 2.05) is 30.4 Å². The molecule has 0 aromatic heterocycles. The molecule has 3 heteroatoms. The van der Waals surface area contributed by atoms with Gasteiger partial charge in [-0.05, 0) is 68.1 Å². The fourth-order valence-electron chi connectivity index (χ4n) is 3.74. The van der Waals surface area contributed by atoms with Crippen LogP contribution < -0.4 is 0 Å². The Morgan fingerprint density at radius 3 is 2.03 bits per heavy atom. The molecule has 0 saturated heterocycles. The van der Waals surface area contributed by atoms with Crippen LogP contribution in [0.1, 0.15) is 56.2 Å². The van der Waals surface area contributed by atoms with Crippen LogP contribution in [-0.4, -0.2) is 28.2 Å². The summed E-state index contributed by atoms with van der Waals surface area (Å²) in [6, 6.07) is 9.58. The predicted molar refractivity (Wildman–Crippen MR) is 128 cm³/mol. The minimum absolute atomic E-state index is 0.175. The Labute approximate surface area is 182 Å². The second-order valence-corrected chi connectivity index (χ2v) is 7.97. The van der Waals surface area contributed by atoms with Gasteiger partial charge in [0.2, 0.25) is 0 Å². The zero-order valence-electron chi connectivity index (χ0n) is 18.7. The summed E-state index contributed by atoms with van der Waals surface area (Å²) in [4.78, 5) is 2.43. The molecule has 0 unspecified atom stereocenters. The van der Waals surface area contributed by atoms with Crippen molar-refractivity contribution in [3.8, 4) is 22.6 Å². The monoisotopic (exact) mass is 407 g/mol. The Balaban J connectivity index is 2.49. The molecule has 0 saturated carbocycles. The van der Waals surface area contributed by atoms with Gasteiger partial charge in [0.05, 0.1) is 0 Å². The van der Waals surface area contributed by atoms with Gasteiger partial charge in [-0.15, -0.1) is 13.2 Å². The van der Waals surface area contributed by atoms with Crippen molar-refractivity contribution in [2.24, 2.45) is 0 Å². The Morgan fingerprint density at radius 2 is 1.43 bits per heavy atom. The van der Waals surface area contributed by atoms with Crippen LogP contribution in [0.3, 0.4) is 0 Å². The van der Waals surface area contributed by atoms with E-state index in [0.29, 0.717) is 17.7 Å². The van der Waals surface area contributed by atoms with Crippen molar-refractivity contribution in [3.05, 3.63) is 72.3 Å². The van der Waals surface area contributed by atoms with Crippen LogP contribution in [0.15, 0.2) is 55.6 Å². The minimum Gasteiger partial charge on any atom is -0.507 e. The van der Waals surface area contributed by atoms with Crippen molar-refractivity contribution >= 4 is 0 Å². The molecule has 0 heterocycles. The summed E-state index contributed by atoms with van der Waals surface area (Å²) in [6.45, 7) is 14.8. The van der Waals surface area contributed by atoms with E-state index in [4.69, 9.17) is 0 Å². The highest BCUT2D eigenvalue weighted by Crippen LogP contribution is 2.39. The van der Waals surface area contributed by atoms with Gasteiger partial charge in [0.15, 0.2) is 0 Å². The van der Waals surface area contributed by atoms with Gasteiger partial charge in [-0.3, -0.25) is 4.90 Å². The van der Waals surface area contributed by atoms with Gasteiger partial charge >= 0.3 is 0 Å². The highest BCUT2D eigenvalue weighted by molar-refractivity contribution is 5.78. The first-order chi connectivity index (χ1) is 14.5. The molecule has 0 bridgehead atoms. The van der Waals surface area contributed by atoms with Gasteiger partial charge in [-0.25, -0.2) is 0 Å². The smallest absolute Gasteiger partial charge is 0.128 e. The van der Waals surface area contributed by atoms with E-state index >= 15 is 0 Å². The summed E-state index contributed by atoms with van der Waals surface area (Å²) < 4.78 is 0. The SMILES string of the molecule is C=CCc1ccc(O)c(-c2cc(CC=C)cc(CN(CCCC)CCCC)c2O)c1. The third-order valence-corrected chi connectivity index (χ3v) is 5.41. The first-order valence-electron chi connectivity index (χ1n) is 11.1. The lowest BCUT2D eigenvalue weighted by atomic mass is 9.94. The number of hydrogen-bond acceptors (Lipinski definition) is 3. The zero-order valence-corrected chi connectivity index (χ0v) is 18.7. The zero-order chi connectivity index (χ0) is 21.9. The molecule has 0 aliphatic carbocycles. The quantitative estimate of drug-likeness (QED) is 0.367. The van der Waals surface area contributed by atoms with Crippen LogP contribution in [0.4, 0.5) is 0 Å². The van der Waals surface area contributed by atoms with Gasteiger partial charge in [-0.1, -0.05) is 51.0 Å². The highest BCUT2D eigenvalue weighted by atomic mass is 16.3. The molecule has 3 nitrogen and oxygen atoms in total. The Hall–Kier alpha value is -2.52. The van der Waals surface area contributed by atoms with Gasteiger partial charge in [0.25, 0.3) is 0 Å². The molecule has 2 aromatic carbocycles. The Bertz CT molecular complexity index is 833. The fourth-order valence-corrected chi connectivity index (χ4v) is 3.74. The number of rotatable bonds is 13. The lowest BCUT2D eigenvalue weighted by molar-refractivity contribution is 0.254. The highest BCUT2D eigenvalue weighted by Gasteiger charge is 2.17. The molecular formula is C27H37NO2. The van der Waals surface area contributed by atoms with Crippen molar-refractivity contribution < 1.29 is 10.2 Å². The number of aromatic hydroxyl groups is 2. The van der Waals surface area contributed by atoms with E-state index in [2.05, 4.69) is 38.0 Å². The Kier molecular flexibility index (Phi) is 9.69. The second-order valence-electron chi connectivity index (χ2n) is 7.97. The number of allylic oxidation sites excluding steroid dienone is 2. The molecule has 30 heavy (non-hydrogen) atoms. The van der Waals surface area contributed by atoms with E-state index in [-0.39, 0.29) is 11.5 Å². The van der Waals surface area contributed by atoms with Crippen molar-refractivity contribution in [2.45, 2.75) is 58.9 Å². The number of phenols is 2. The molecular weight excluding hydrogens is 370 g/mol. The average molecular weight is 408 g/mol. The Morgan fingerprint density at radius 1 is 0.833 bits per heavy atom. The van der Waals surface area contributed by atoms with Crippen molar-refractivity contribution in [1.29, 1.82) is 0 Å². The first-order valence-corrected chi connectivity index (χ1v) is 11.1. The van der Waals surface area contributed by atoms with Crippen LogP contribution in [-0.2, 0) is 19.4 Å². The van der Waals surface area contributed by atoms with Gasteiger partial charge < -0.3 is 10.2 Å². The lowest BCUT2D eigenvalue weighted by Gasteiger charge is -2.24. The standard InChI is InChI=1S/C27H37NO2/c1-5-9-15-28(16-10-6-2)20-23-17-22(12-8-4)19-25(27(23)30)24-18-21(11-7-3)13-14-26(24)29/h7-8,13-14,17-19,29-30H,3-6,9-12,15-16,20H2,1-2H3. The molecule has 0 atom stereocenters. The van der Waals surface area contributed by atoms with E-state index in [1.165, 1.54) is 0 Å². The number of unbranched alkanes of at least 4 members (excludes halogenated alkanes) is 2. The van der Waals surface area contributed by atoms with E-state index in [0.717, 1.165) is 68.3 Å². The largest absolute Gasteiger partial charge is 0.507 e.